The van der Waals surface area contributed by atoms with Crippen LogP contribution in [0.4, 0.5) is 11.4 Å². The van der Waals surface area contributed by atoms with Crippen molar-refractivity contribution in [3.05, 3.63) is 144 Å². The zero-order valence-corrected chi connectivity index (χ0v) is 23.0. The fourth-order valence-corrected chi connectivity index (χ4v) is 6.75. The Labute approximate surface area is 237 Å². The first-order valence-electron chi connectivity index (χ1n) is 13.2. The fourth-order valence-electron chi connectivity index (χ4n) is 5.46. The summed E-state index contributed by atoms with van der Waals surface area (Å²) in [6.07, 6.45) is 0. The van der Waals surface area contributed by atoms with E-state index in [1.807, 2.05) is 34.3 Å². The lowest BCUT2D eigenvalue weighted by molar-refractivity contribution is -0.110. The molecule has 0 N–H and O–H groups in total. The molecule has 40 heavy (non-hydrogen) atoms. The lowest BCUT2D eigenvalue weighted by atomic mass is 9.91. The summed E-state index contributed by atoms with van der Waals surface area (Å²) >= 11 is 1.44. The van der Waals surface area contributed by atoms with Gasteiger partial charge in [0.05, 0.1) is 17.1 Å². The number of carbonyl (C=O) groups excluding carboxylic acids is 1. The van der Waals surface area contributed by atoms with Crippen LogP contribution in [0.5, 0.6) is 0 Å². The van der Waals surface area contributed by atoms with Gasteiger partial charge in [-0.2, -0.15) is 10.2 Å². The second-order valence-corrected chi connectivity index (χ2v) is 11.1. The molecule has 0 bridgehead atoms. The van der Waals surface area contributed by atoms with Crippen molar-refractivity contribution in [3.63, 3.8) is 0 Å². The number of Topliss-reactive ketones (excluding diaryl/α,β-unsaturated/α-hetero) is 1. The van der Waals surface area contributed by atoms with Crippen molar-refractivity contribution in [2.75, 3.05) is 10.0 Å². The molecule has 2 aliphatic heterocycles. The minimum Gasteiger partial charge on any atom is -0.292 e. The number of ketones is 1. The Kier molecular flexibility index (Phi) is 5.79. The van der Waals surface area contributed by atoms with Crippen LogP contribution in [0.25, 0.3) is 10.8 Å². The summed E-state index contributed by atoms with van der Waals surface area (Å²) in [4.78, 5) is 11.9. The summed E-state index contributed by atoms with van der Waals surface area (Å²) in [5, 5.41) is 17.1. The Morgan fingerprint density at radius 3 is 2.10 bits per heavy atom. The van der Waals surface area contributed by atoms with E-state index in [4.69, 9.17) is 10.2 Å². The van der Waals surface area contributed by atoms with Gasteiger partial charge in [-0.05, 0) is 53.7 Å². The van der Waals surface area contributed by atoms with Crippen molar-refractivity contribution in [1.29, 1.82) is 0 Å². The summed E-state index contributed by atoms with van der Waals surface area (Å²) in [6.45, 7) is 3.64. The predicted molar refractivity (Wildman–Crippen MR) is 166 cm³/mol. The highest BCUT2D eigenvalue weighted by Gasteiger charge is 2.55. The molecular formula is C34H26N4OS. The van der Waals surface area contributed by atoms with Gasteiger partial charge in [-0.1, -0.05) is 103 Å². The maximum absolute atomic E-state index is 12.9. The molecule has 0 radical (unpaired) electrons. The molecule has 5 aromatic carbocycles. The minimum absolute atomic E-state index is 0.0756. The van der Waals surface area contributed by atoms with Crippen molar-refractivity contribution >= 4 is 50.4 Å². The Morgan fingerprint density at radius 2 is 1.30 bits per heavy atom. The van der Waals surface area contributed by atoms with Crippen LogP contribution in [-0.2, 0) is 9.79 Å². The first kappa shape index (κ1) is 24.4. The summed E-state index contributed by atoms with van der Waals surface area (Å²) < 4.78 is 0. The first-order chi connectivity index (χ1) is 19.6. The summed E-state index contributed by atoms with van der Waals surface area (Å²) in [5.74, 6) is -0.0756. The topological polar surface area (TPSA) is 48.3 Å². The Hall–Kier alpha value is -4.68. The molecule has 6 heteroatoms. The molecule has 0 saturated heterocycles. The molecule has 0 aliphatic carbocycles. The molecule has 194 valence electrons. The number of thioether (sulfide) groups is 1. The van der Waals surface area contributed by atoms with Gasteiger partial charge >= 0.3 is 0 Å². The van der Waals surface area contributed by atoms with Gasteiger partial charge in [0.15, 0.2) is 10.8 Å². The molecule has 0 aromatic heterocycles. The number of fused-ring (bicyclic) bond motifs is 3. The van der Waals surface area contributed by atoms with E-state index >= 15 is 0 Å². The molecule has 1 spiro atoms. The zero-order valence-electron chi connectivity index (χ0n) is 22.2. The number of nitrogens with zero attached hydrogens (tertiary/aromatic N) is 4. The van der Waals surface area contributed by atoms with Crippen molar-refractivity contribution in [2.24, 2.45) is 10.2 Å². The van der Waals surface area contributed by atoms with Crippen molar-refractivity contribution in [2.45, 2.75) is 18.8 Å². The molecule has 0 saturated carbocycles. The summed E-state index contributed by atoms with van der Waals surface area (Å²) in [5.41, 5.74) is 6.90. The van der Waals surface area contributed by atoms with E-state index in [9.17, 15) is 4.79 Å². The zero-order chi connectivity index (χ0) is 27.3. The maximum Gasteiger partial charge on any atom is 0.234 e. The predicted octanol–water partition coefficient (Wildman–Crippen LogP) is 7.69. The fraction of sp³-hybridized carbons (Fsp3) is 0.0882. The van der Waals surface area contributed by atoms with Crippen molar-refractivity contribution < 1.29 is 4.79 Å². The van der Waals surface area contributed by atoms with E-state index in [2.05, 4.69) is 104 Å². The molecule has 0 fully saturated rings. The largest absolute Gasteiger partial charge is 0.292 e. The second kappa shape index (κ2) is 9.50. The van der Waals surface area contributed by atoms with Crippen LogP contribution >= 0.6 is 11.8 Å². The summed E-state index contributed by atoms with van der Waals surface area (Å²) in [7, 11) is 0. The van der Waals surface area contributed by atoms with Gasteiger partial charge in [0.2, 0.25) is 4.99 Å². The van der Waals surface area contributed by atoms with Crippen LogP contribution in [0.3, 0.4) is 0 Å². The number of hydrogen-bond acceptors (Lipinski definition) is 6. The van der Waals surface area contributed by atoms with Crippen LogP contribution in [-0.4, -0.2) is 16.5 Å². The Morgan fingerprint density at radius 1 is 0.675 bits per heavy atom. The first-order valence-corrected chi connectivity index (χ1v) is 14.1. The number of carbonyl (C=O) groups is 1. The molecule has 2 heterocycles. The smallest absolute Gasteiger partial charge is 0.234 e. The molecule has 5 nitrogen and oxygen atoms in total. The minimum atomic E-state index is -0.956. The van der Waals surface area contributed by atoms with E-state index in [-0.39, 0.29) is 5.78 Å². The molecule has 0 amide bonds. The molecule has 0 unspecified atom stereocenters. The van der Waals surface area contributed by atoms with E-state index in [1.54, 1.807) is 6.92 Å². The number of anilines is 2. The highest BCUT2D eigenvalue weighted by atomic mass is 32.2. The lowest BCUT2D eigenvalue weighted by Crippen LogP contribution is -2.54. The number of para-hydroxylation sites is 1. The van der Waals surface area contributed by atoms with Gasteiger partial charge in [-0.25, -0.2) is 10.0 Å². The second-order valence-electron chi connectivity index (χ2n) is 9.99. The number of benzene rings is 5. The van der Waals surface area contributed by atoms with Crippen molar-refractivity contribution in [1.82, 2.24) is 0 Å². The van der Waals surface area contributed by atoms with Gasteiger partial charge in [0.25, 0.3) is 0 Å². The molecule has 5 aromatic rings. The van der Waals surface area contributed by atoms with Gasteiger partial charge in [-0.15, -0.1) is 0 Å². The number of aryl methyl sites for hydroxylation is 1. The highest BCUT2D eigenvalue weighted by molar-refractivity contribution is 8.17. The van der Waals surface area contributed by atoms with Crippen LogP contribution in [0.2, 0.25) is 0 Å². The van der Waals surface area contributed by atoms with Crippen molar-refractivity contribution in [3.8, 4) is 0 Å². The molecular weight excluding hydrogens is 512 g/mol. The summed E-state index contributed by atoms with van der Waals surface area (Å²) in [6, 6.07) is 41.5. The van der Waals surface area contributed by atoms with Crippen LogP contribution < -0.4 is 10.0 Å². The molecule has 1 atom stereocenters. The quantitative estimate of drug-likeness (QED) is 0.235. The van der Waals surface area contributed by atoms with E-state index in [0.29, 0.717) is 5.04 Å². The number of hydrogen-bond donors (Lipinski definition) is 0. The van der Waals surface area contributed by atoms with Gasteiger partial charge < -0.3 is 0 Å². The average molecular weight is 539 g/mol. The standard InChI is InChI=1S/C34H26N4OS/c1-23-19-21-27(22-20-23)38-34(40-33(36-38)24(2)39)31-18-9-8-16-30(31)32(35-37(34)26-13-4-3-5-14-26)29-17-10-12-25-11-6-7-15-28(25)29/h3-22H,1-2H3/t34-/m0/s1. The molecule has 2 aliphatic rings. The van der Waals surface area contributed by atoms with Gasteiger partial charge in [0.1, 0.15) is 0 Å². The van der Waals surface area contributed by atoms with Crippen LogP contribution in [0.15, 0.2) is 132 Å². The lowest BCUT2D eigenvalue weighted by Gasteiger charge is -2.47. The van der Waals surface area contributed by atoms with Gasteiger partial charge in [0, 0.05) is 23.6 Å². The van der Waals surface area contributed by atoms with E-state index in [0.717, 1.165) is 50.1 Å². The number of rotatable bonds is 4. The van der Waals surface area contributed by atoms with E-state index < -0.39 is 4.99 Å². The number of hydrazone groups is 2. The Bertz CT molecular complexity index is 1830. The third-order valence-corrected chi connectivity index (χ3v) is 8.78. The van der Waals surface area contributed by atoms with Crippen LogP contribution in [0, 0.1) is 6.92 Å². The SMILES string of the molecule is CC(=O)C1=NN(c2ccc(C)cc2)[C@]2(S1)c1ccccc1C(c1cccc3ccccc13)=NN2c1ccccc1. The Balaban J connectivity index is 1.55. The molecule has 7 rings (SSSR count). The van der Waals surface area contributed by atoms with E-state index in [1.165, 1.54) is 11.8 Å². The third kappa shape index (κ3) is 3.75. The maximum atomic E-state index is 12.9. The average Bonchev–Trinajstić information content (AvgIpc) is 3.39. The normalized spacial score (nSPS) is 18.1. The highest BCUT2D eigenvalue weighted by Crippen LogP contribution is 2.55. The van der Waals surface area contributed by atoms with Gasteiger partial charge in [-0.3, -0.25) is 4.79 Å². The van der Waals surface area contributed by atoms with Crippen LogP contribution in [0.1, 0.15) is 29.2 Å². The third-order valence-electron chi connectivity index (χ3n) is 7.36. The monoisotopic (exact) mass is 538 g/mol.